The molecule has 1 aromatic heterocycles. The monoisotopic (exact) mass is 549 g/mol. The van der Waals surface area contributed by atoms with Crippen LogP contribution >= 0.6 is 27.3 Å². The average molecular weight is 550 g/mol. The molecule has 0 unspecified atom stereocenters. The quantitative estimate of drug-likeness (QED) is 0.233. The van der Waals surface area contributed by atoms with E-state index in [9.17, 15) is 9.59 Å². The van der Waals surface area contributed by atoms with Crippen molar-refractivity contribution in [2.45, 2.75) is 13.8 Å². The molecule has 3 aromatic carbocycles. The summed E-state index contributed by atoms with van der Waals surface area (Å²) < 4.78 is 11.9. The van der Waals surface area contributed by atoms with Gasteiger partial charge in [-0.15, -0.1) is 11.3 Å². The third kappa shape index (κ3) is 6.18. The van der Waals surface area contributed by atoms with Crippen LogP contribution in [-0.4, -0.2) is 25.1 Å². The van der Waals surface area contributed by atoms with Crippen molar-refractivity contribution < 1.29 is 19.1 Å². The van der Waals surface area contributed by atoms with Gasteiger partial charge in [0.05, 0.1) is 6.61 Å². The smallest absolute Gasteiger partial charge is 0.341 e. The van der Waals surface area contributed by atoms with Gasteiger partial charge in [-0.3, -0.25) is 4.79 Å². The highest BCUT2D eigenvalue weighted by atomic mass is 79.9. The lowest BCUT2D eigenvalue weighted by Crippen LogP contribution is -2.21. The molecule has 1 N–H and O–H groups in total. The molecule has 0 aliphatic rings. The maximum absolute atomic E-state index is 12.7. The fourth-order valence-corrected chi connectivity index (χ4v) is 4.74. The summed E-state index contributed by atoms with van der Waals surface area (Å²) in [4.78, 5) is 25.4. The van der Waals surface area contributed by atoms with E-state index in [-0.39, 0.29) is 19.1 Å². The standard InChI is InChI=1S/C28H24BrNO4S/c1-3-33-28(32)26-24(21-8-12-22(29)13-9-21)17-35-27(26)30-25(31)16-34-23-14-10-20(11-15-23)19-6-4-18(2)5-7-19/h4-15,17H,3,16H2,1-2H3,(H,30,31). The van der Waals surface area contributed by atoms with Gasteiger partial charge in [-0.2, -0.15) is 0 Å². The molecule has 0 fully saturated rings. The summed E-state index contributed by atoms with van der Waals surface area (Å²) in [6, 6.07) is 23.5. The Balaban J connectivity index is 1.44. The van der Waals surface area contributed by atoms with Crippen molar-refractivity contribution in [2.24, 2.45) is 0 Å². The number of hydrogen-bond donors (Lipinski definition) is 1. The number of carbonyl (C=O) groups is 2. The van der Waals surface area contributed by atoms with Gasteiger partial charge < -0.3 is 14.8 Å². The fourth-order valence-electron chi connectivity index (χ4n) is 3.50. The van der Waals surface area contributed by atoms with Crippen LogP contribution in [0, 0.1) is 6.92 Å². The molecule has 0 aliphatic heterocycles. The van der Waals surface area contributed by atoms with E-state index < -0.39 is 5.97 Å². The van der Waals surface area contributed by atoms with Gasteiger partial charge in [-0.05, 0) is 54.8 Å². The lowest BCUT2D eigenvalue weighted by Gasteiger charge is -2.10. The first-order valence-corrected chi connectivity index (χ1v) is 12.8. The largest absolute Gasteiger partial charge is 0.484 e. The van der Waals surface area contributed by atoms with Gasteiger partial charge in [0.1, 0.15) is 16.3 Å². The number of halogens is 1. The predicted octanol–water partition coefficient (Wildman–Crippen LogP) is 7.35. The van der Waals surface area contributed by atoms with Gasteiger partial charge in [0, 0.05) is 15.4 Å². The molecule has 0 saturated carbocycles. The van der Waals surface area contributed by atoms with Crippen LogP contribution < -0.4 is 10.1 Å². The first-order valence-electron chi connectivity index (χ1n) is 11.1. The Morgan fingerprint density at radius 2 is 1.49 bits per heavy atom. The number of esters is 1. The van der Waals surface area contributed by atoms with Gasteiger partial charge in [0.15, 0.2) is 6.61 Å². The molecule has 0 bridgehead atoms. The van der Waals surface area contributed by atoms with Crippen LogP contribution in [-0.2, 0) is 9.53 Å². The molecular formula is C28H24BrNO4S. The maximum atomic E-state index is 12.7. The molecule has 35 heavy (non-hydrogen) atoms. The third-order valence-electron chi connectivity index (χ3n) is 5.29. The number of carbonyl (C=O) groups excluding carboxylic acids is 2. The van der Waals surface area contributed by atoms with Crippen molar-refractivity contribution in [3.8, 4) is 28.0 Å². The number of thiophene rings is 1. The van der Waals surface area contributed by atoms with Gasteiger partial charge in [-0.1, -0.05) is 70.0 Å². The lowest BCUT2D eigenvalue weighted by atomic mass is 10.0. The van der Waals surface area contributed by atoms with Crippen molar-refractivity contribution in [2.75, 3.05) is 18.5 Å². The Labute approximate surface area is 216 Å². The molecule has 7 heteroatoms. The molecule has 0 spiro atoms. The van der Waals surface area contributed by atoms with E-state index in [2.05, 4.69) is 52.4 Å². The first kappa shape index (κ1) is 24.7. The number of aryl methyl sites for hydroxylation is 1. The Morgan fingerprint density at radius 3 is 2.11 bits per heavy atom. The van der Waals surface area contributed by atoms with Gasteiger partial charge in [0.2, 0.25) is 0 Å². The predicted molar refractivity (Wildman–Crippen MR) is 144 cm³/mol. The summed E-state index contributed by atoms with van der Waals surface area (Å²) in [5, 5.41) is 5.09. The minimum atomic E-state index is -0.477. The third-order valence-corrected chi connectivity index (χ3v) is 6.71. The van der Waals surface area contributed by atoms with E-state index in [1.54, 1.807) is 6.92 Å². The zero-order valence-corrected chi connectivity index (χ0v) is 21.7. The molecule has 0 radical (unpaired) electrons. The number of rotatable bonds is 8. The minimum Gasteiger partial charge on any atom is -0.484 e. The van der Waals surface area contributed by atoms with E-state index in [4.69, 9.17) is 9.47 Å². The second kappa shape index (κ2) is 11.3. The van der Waals surface area contributed by atoms with Crippen LogP contribution in [0.15, 0.2) is 82.6 Å². The number of hydrogen-bond acceptors (Lipinski definition) is 5. The van der Waals surface area contributed by atoms with E-state index >= 15 is 0 Å². The summed E-state index contributed by atoms with van der Waals surface area (Å²) in [6.45, 7) is 3.86. The van der Waals surface area contributed by atoms with E-state index in [1.165, 1.54) is 16.9 Å². The van der Waals surface area contributed by atoms with Gasteiger partial charge in [0.25, 0.3) is 5.91 Å². The van der Waals surface area contributed by atoms with Crippen molar-refractivity contribution in [1.82, 2.24) is 0 Å². The number of amides is 1. The molecule has 0 saturated heterocycles. The van der Waals surface area contributed by atoms with Crippen LogP contribution in [0.25, 0.3) is 22.3 Å². The SMILES string of the molecule is CCOC(=O)c1c(-c2ccc(Br)cc2)csc1NC(=O)COc1ccc(-c2ccc(C)cc2)cc1. The minimum absolute atomic E-state index is 0.183. The Bertz CT molecular complexity index is 1310. The molecule has 4 rings (SSSR count). The summed E-state index contributed by atoms with van der Waals surface area (Å²) in [6.07, 6.45) is 0. The van der Waals surface area contributed by atoms with Crippen LogP contribution in [0.1, 0.15) is 22.8 Å². The zero-order chi connectivity index (χ0) is 24.8. The average Bonchev–Trinajstić information content (AvgIpc) is 3.27. The second-order valence-electron chi connectivity index (χ2n) is 7.81. The lowest BCUT2D eigenvalue weighted by molar-refractivity contribution is -0.118. The topological polar surface area (TPSA) is 64.6 Å². The van der Waals surface area contributed by atoms with Crippen LogP contribution in [0.5, 0.6) is 5.75 Å². The molecule has 0 atom stereocenters. The normalized spacial score (nSPS) is 10.6. The van der Waals surface area contributed by atoms with Crippen molar-refractivity contribution in [3.63, 3.8) is 0 Å². The highest BCUT2D eigenvalue weighted by Gasteiger charge is 2.23. The van der Waals surface area contributed by atoms with Crippen LogP contribution in [0.2, 0.25) is 0 Å². The molecule has 1 amide bonds. The summed E-state index contributed by atoms with van der Waals surface area (Å²) in [5.41, 5.74) is 5.31. The van der Waals surface area contributed by atoms with Gasteiger partial charge >= 0.3 is 5.97 Å². The summed E-state index contributed by atoms with van der Waals surface area (Å²) in [7, 11) is 0. The van der Waals surface area contributed by atoms with Crippen LogP contribution in [0.4, 0.5) is 5.00 Å². The Kier molecular flexibility index (Phi) is 8.00. The fraction of sp³-hybridized carbons (Fsp3) is 0.143. The number of benzene rings is 3. The van der Waals surface area contributed by atoms with E-state index in [0.29, 0.717) is 21.9 Å². The Morgan fingerprint density at radius 1 is 0.886 bits per heavy atom. The number of ether oxygens (including phenoxy) is 2. The molecular weight excluding hydrogens is 526 g/mol. The van der Waals surface area contributed by atoms with Crippen molar-refractivity contribution >= 4 is 44.1 Å². The second-order valence-corrected chi connectivity index (χ2v) is 9.60. The van der Waals surface area contributed by atoms with Crippen molar-refractivity contribution in [3.05, 3.63) is 93.8 Å². The molecule has 0 aliphatic carbocycles. The van der Waals surface area contributed by atoms with Gasteiger partial charge in [-0.25, -0.2) is 4.79 Å². The summed E-state index contributed by atoms with van der Waals surface area (Å²) in [5.74, 6) is -0.250. The Hall–Kier alpha value is -3.42. The van der Waals surface area contributed by atoms with E-state index in [1.807, 2.05) is 53.9 Å². The molecule has 178 valence electrons. The highest BCUT2D eigenvalue weighted by molar-refractivity contribution is 9.10. The number of nitrogens with one attached hydrogen (secondary N) is 1. The maximum Gasteiger partial charge on any atom is 0.341 e. The molecule has 4 aromatic rings. The van der Waals surface area contributed by atoms with Crippen molar-refractivity contribution in [1.29, 1.82) is 0 Å². The zero-order valence-electron chi connectivity index (χ0n) is 19.3. The van der Waals surface area contributed by atoms with Crippen LogP contribution in [0.3, 0.4) is 0 Å². The number of anilines is 1. The first-order chi connectivity index (χ1) is 16.9. The van der Waals surface area contributed by atoms with E-state index in [0.717, 1.165) is 21.2 Å². The highest BCUT2D eigenvalue weighted by Crippen LogP contribution is 2.36. The molecule has 1 heterocycles. The molecule has 5 nitrogen and oxygen atoms in total. The summed E-state index contributed by atoms with van der Waals surface area (Å²) >= 11 is 4.70.